The summed E-state index contributed by atoms with van der Waals surface area (Å²) < 4.78 is 0. The van der Waals surface area contributed by atoms with Crippen LogP contribution in [0.2, 0.25) is 0 Å². The zero-order chi connectivity index (χ0) is 24.4. The first kappa shape index (κ1) is 22.3. The molecule has 172 valence electrons. The highest BCUT2D eigenvalue weighted by Crippen LogP contribution is 2.28. The lowest BCUT2D eigenvalue weighted by Gasteiger charge is -2.26. The third-order valence-corrected chi connectivity index (χ3v) is 6.36. The molecule has 4 aromatic carbocycles. The number of carbonyl (C=O) groups excluding carboxylic acids is 3. The molecule has 0 aromatic heterocycles. The molecule has 1 heterocycles. The predicted molar refractivity (Wildman–Crippen MR) is 135 cm³/mol. The molecule has 0 aliphatic carbocycles. The van der Waals surface area contributed by atoms with E-state index in [1.807, 2.05) is 72.8 Å². The zero-order valence-electron chi connectivity index (χ0n) is 19.2. The summed E-state index contributed by atoms with van der Waals surface area (Å²) in [6, 6.07) is 33.0. The van der Waals surface area contributed by atoms with Gasteiger partial charge >= 0.3 is 0 Å². The Bertz CT molecular complexity index is 1350. The minimum absolute atomic E-state index is 0.327. The minimum Gasteiger partial charge on any atom is -0.343 e. The minimum atomic E-state index is -0.961. The highest BCUT2D eigenvalue weighted by molar-refractivity contribution is 6.22. The van der Waals surface area contributed by atoms with Crippen molar-refractivity contribution in [2.45, 2.75) is 19.0 Å². The summed E-state index contributed by atoms with van der Waals surface area (Å²) in [5, 5.41) is 3.07. The van der Waals surface area contributed by atoms with Crippen LogP contribution in [-0.2, 0) is 4.79 Å². The lowest BCUT2D eigenvalue weighted by Crippen LogP contribution is -2.48. The fraction of sp³-hybridized carbons (Fsp3) is 0.100. The van der Waals surface area contributed by atoms with Crippen LogP contribution < -0.4 is 5.32 Å². The van der Waals surface area contributed by atoms with Gasteiger partial charge < -0.3 is 5.32 Å². The number of nitrogens with one attached hydrogen (secondary N) is 1. The average Bonchev–Trinajstić information content (AvgIpc) is 3.17. The van der Waals surface area contributed by atoms with Gasteiger partial charge in [0.2, 0.25) is 5.91 Å². The van der Waals surface area contributed by atoms with E-state index in [0.29, 0.717) is 11.1 Å². The van der Waals surface area contributed by atoms with Gasteiger partial charge in [-0.1, -0.05) is 97.1 Å². The molecule has 5 nitrogen and oxygen atoms in total. The number of nitrogens with zero attached hydrogens (tertiary/aromatic N) is 1. The summed E-state index contributed by atoms with van der Waals surface area (Å²) >= 11 is 0. The first-order chi connectivity index (χ1) is 17.0. The van der Waals surface area contributed by atoms with E-state index in [4.69, 9.17) is 0 Å². The molecule has 1 aliphatic rings. The molecule has 5 heteroatoms. The normalized spacial score (nSPS) is 14.4. The van der Waals surface area contributed by atoms with Gasteiger partial charge in [0, 0.05) is 0 Å². The maximum Gasteiger partial charge on any atom is 0.262 e. The van der Waals surface area contributed by atoms with E-state index in [1.54, 1.807) is 31.2 Å². The van der Waals surface area contributed by atoms with Crippen LogP contribution in [0.4, 0.5) is 0 Å². The Morgan fingerprint density at radius 2 is 1.09 bits per heavy atom. The Balaban J connectivity index is 1.41. The van der Waals surface area contributed by atoms with Crippen LogP contribution in [0.15, 0.2) is 109 Å². The van der Waals surface area contributed by atoms with Crippen LogP contribution in [-0.4, -0.2) is 28.7 Å². The van der Waals surface area contributed by atoms with Crippen LogP contribution in [0.5, 0.6) is 0 Å². The Kier molecular flexibility index (Phi) is 5.98. The molecule has 5 rings (SSSR count). The maximum absolute atomic E-state index is 13.4. The Hall–Kier alpha value is -4.51. The van der Waals surface area contributed by atoms with E-state index in [9.17, 15) is 14.4 Å². The monoisotopic (exact) mass is 460 g/mol. The van der Waals surface area contributed by atoms with E-state index in [0.717, 1.165) is 27.2 Å². The van der Waals surface area contributed by atoms with Crippen LogP contribution in [0.25, 0.3) is 11.1 Å². The summed E-state index contributed by atoms with van der Waals surface area (Å²) in [6.07, 6.45) is 0. The number of fused-ring (bicyclic) bond motifs is 1. The second-order valence-electron chi connectivity index (χ2n) is 8.54. The first-order valence-corrected chi connectivity index (χ1v) is 11.5. The van der Waals surface area contributed by atoms with Gasteiger partial charge in [0.05, 0.1) is 17.2 Å². The van der Waals surface area contributed by atoms with E-state index >= 15 is 0 Å². The number of hydrogen-bond donors (Lipinski definition) is 1. The van der Waals surface area contributed by atoms with Gasteiger partial charge in [0.25, 0.3) is 11.8 Å². The summed E-state index contributed by atoms with van der Waals surface area (Å²) in [5.74, 6) is -1.30. The molecule has 35 heavy (non-hydrogen) atoms. The highest BCUT2D eigenvalue weighted by Gasteiger charge is 2.41. The van der Waals surface area contributed by atoms with Gasteiger partial charge in [-0.05, 0) is 41.3 Å². The van der Waals surface area contributed by atoms with Gasteiger partial charge in [-0.15, -0.1) is 0 Å². The van der Waals surface area contributed by atoms with Gasteiger partial charge in [0.15, 0.2) is 0 Å². The Labute approximate surface area is 204 Å². The molecule has 0 fully saturated rings. The number of carbonyl (C=O) groups is 3. The molecule has 0 spiro atoms. The van der Waals surface area contributed by atoms with Crippen molar-refractivity contribution in [3.05, 3.63) is 131 Å². The molecule has 0 saturated carbocycles. The van der Waals surface area contributed by atoms with E-state index in [-0.39, 0.29) is 0 Å². The van der Waals surface area contributed by atoms with Crippen LogP contribution in [0.3, 0.4) is 0 Å². The number of hydrogen-bond acceptors (Lipinski definition) is 3. The molecular weight excluding hydrogens is 436 g/mol. The Morgan fingerprint density at radius 3 is 1.66 bits per heavy atom. The topological polar surface area (TPSA) is 66.5 Å². The molecular formula is C30H24N2O3. The largest absolute Gasteiger partial charge is 0.343 e. The molecule has 2 atom stereocenters. The lowest BCUT2D eigenvalue weighted by molar-refractivity contribution is -0.125. The second-order valence-corrected chi connectivity index (χ2v) is 8.54. The molecule has 0 bridgehead atoms. The predicted octanol–water partition coefficient (Wildman–Crippen LogP) is 5.24. The van der Waals surface area contributed by atoms with Crippen LogP contribution >= 0.6 is 0 Å². The molecule has 1 N–H and O–H groups in total. The van der Waals surface area contributed by atoms with Crippen molar-refractivity contribution in [3.63, 3.8) is 0 Å². The van der Waals surface area contributed by atoms with Crippen molar-refractivity contribution in [2.24, 2.45) is 0 Å². The van der Waals surface area contributed by atoms with E-state index < -0.39 is 29.8 Å². The Morgan fingerprint density at radius 1 is 0.629 bits per heavy atom. The standard InChI is InChI=1S/C30H24N2O3/c1-20(32-29(34)25-14-8-9-15-26(25)30(32)35)28(33)31-27(23-12-6-3-7-13-23)24-18-16-22(17-19-24)21-10-4-2-5-11-21/h2-20,27H,1H3,(H,31,33)/t20-,27+/m0/s1. The number of rotatable bonds is 6. The van der Waals surface area contributed by atoms with Crippen LogP contribution in [0.1, 0.15) is 44.8 Å². The van der Waals surface area contributed by atoms with E-state index in [1.165, 1.54) is 0 Å². The fourth-order valence-corrected chi connectivity index (χ4v) is 4.44. The molecule has 4 aromatic rings. The third-order valence-electron chi connectivity index (χ3n) is 6.36. The molecule has 0 saturated heterocycles. The second kappa shape index (κ2) is 9.39. The van der Waals surface area contributed by atoms with Crippen molar-refractivity contribution in [3.8, 4) is 11.1 Å². The van der Waals surface area contributed by atoms with Gasteiger partial charge in [-0.3, -0.25) is 19.3 Å². The smallest absolute Gasteiger partial charge is 0.262 e. The van der Waals surface area contributed by atoms with Gasteiger partial charge in [-0.2, -0.15) is 0 Å². The molecule has 0 unspecified atom stereocenters. The maximum atomic E-state index is 13.4. The van der Waals surface area contributed by atoms with E-state index in [2.05, 4.69) is 17.4 Å². The molecule has 0 radical (unpaired) electrons. The highest BCUT2D eigenvalue weighted by atomic mass is 16.2. The van der Waals surface area contributed by atoms with Crippen molar-refractivity contribution >= 4 is 17.7 Å². The third kappa shape index (κ3) is 4.24. The van der Waals surface area contributed by atoms with Gasteiger partial charge in [-0.25, -0.2) is 0 Å². The SMILES string of the molecule is C[C@@H](C(=O)N[C@H](c1ccccc1)c1ccc(-c2ccccc2)cc1)N1C(=O)c2ccccc2C1=O. The lowest BCUT2D eigenvalue weighted by atomic mass is 9.96. The number of amides is 3. The molecule has 1 aliphatic heterocycles. The van der Waals surface area contributed by atoms with Gasteiger partial charge in [0.1, 0.15) is 6.04 Å². The average molecular weight is 461 g/mol. The van der Waals surface area contributed by atoms with Crippen LogP contribution in [0, 0.1) is 0 Å². The quantitative estimate of drug-likeness (QED) is 0.400. The number of benzene rings is 4. The fourth-order valence-electron chi connectivity index (χ4n) is 4.44. The molecule has 3 amide bonds. The summed E-state index contributed by atoms with van der Waals surface area (Å²) in [7, 11) is 0. The van der Waals surface area contributed by atoms with Crippen molar-refractivity contribution in [1.29, 1.82) is 0 Å². The summed E-state index contributed by atoms with van der Waals surface area (Å²) in [6.45, 7) is 1.58. The zero-order valence-corrected chi connectivity index (χ0v) is 19.2. The summed E-state index contributed by atoms with van der Waals surface area (Å²) in [5.41, 5.74) is 4.65. The van der Waals surface area contributed by atoms with Crippen molar-refractivity contribution < 1.29 is 14.4 Å². The first-order valence-electron chi connectivity index (χ1n) is 11.5. The number of imide groups is 1. The summed E-state index contributed by atoms with van der Waals surface area (Å²) in [4.78, 5) is 40.2. The van der Waals surface area contributed by atoms with Crippen molar-refractivity contribution in [2.75, 3.05) is 0 Å². The van der Waals surface area contributed by atoms with Crippen molar-refractivity contribution in [1.82, 2.24) is 10.2 Å².